The van der Waals surface area contributed by atoms with Crippen LogP contribution in [0.2, 0.25) is 5.02 Å². The smallest absolute Gasteiger partial charge is 0.149 e. The Labute approximate surface area is 127 Å². The number of rotatable bonds is 1. The summed E-state index contributed by atoms with van der Waals surface area (Å²) in [6.07, 6.45) is 1.83. The molecule has 90 valence electrons. The van der Waals surface area contributed by atoms with Crippen LogP contribution in [0.3, 0.4) is 0 Å². The Kier molecular flexibility index (Phi) is 4.32. The molecular weight excluding hydrogens is 383 g/mol. The van der Waals surface area contributed by atoms with Crippen molar-refractivity contribution >= 4 is 56.6 Å². The van der Waals surface area contributed by atoms with E-state index in [2.05, 4.69) is 33.8 Å². The minimum atomic E-state index is 0.436. The molecule has 1 aromatic rings. The van der Waals surface area contributed by atoms with Gasteiger partial charge in [0.05, 0.1) is 8.48 Å². The van der Waals surface area contributed by atoms with Gasteiger partial charge in [0.1, 0.15) is 11.1 Å². The number of benzene rings is 1. The van der Waals surface area contributed by atoms with Crippen molar-refractivity contribution in [2.45, 2.75) is 0 Å². The summed E-state index contributed by atoms with van der Waals surface area (Å²) in [5.41, 5.74) is 1.86. The van der Waals surface area contributed by atoms with Gasteiger partial charge in [0.2, 0.25) is 0 Å². The van der Waals surface area contributed by atoms with E-state index in [1.54, 1.807) is 24.3 Å². The summed E-state index contributed by atoms with van der Waals surface area (Å²) in [6, 6.07) is 9.14. The van der Waals surface area contributed by atoms with Crippen LogP contribution in [0.1, 0.15) is 5.56 Å². The van der Waals surface area contributed by atoms with Gasteiger partial charge >= 0.3 is 0 Å². The number of hydrogen-bond acceptors (Lipinski definition) is 4. The number of allylic oxidation sites excluding steroid dienone is 2. The molecule has 18 heavy (non-hydrogen) atoms. The number of nitriles is 1. The third-order valence-corrected chi connectivity index (χ3v) is 4.32. The predicted molar refractivity (Wildman–Crippen MR) is 82.9 cm³/mol. The zero-order valence-corrected chi connectivity index (χ0v) is 12.6. The molecule has 1 heterocycles. The molecular formula is C12H6ClIN2OS. The number of thioether (sulfide) groups is 1. The van der Waals surface area contributed by atoms with E-state index in [0.717, 1.165) is 8.48 Å². The van der Waals surface area contributed by atoms with Crippen LogP contribution in [-0.4, -0.2) is 10.3 Å². The summed E-state index contributed by atoms with van der Waals surface area (Å²) in [5.74, 6) is 0. The average molecular weight is 389 g/mol. The highest BCUT2D eigenvalue weighted by Crippen LogP contribution is 2.39. The molecule has 2 rings (SSSR count). The van der Waals surface area contributed by atoms with Gasteiger partial charge < -0.3 is 5.21 Å². The fourth-order valence-electron chi connectivity index (χ4n) is 1.50. The molecule has 0 saturated carbocycles. The van der Waals surface area contributed by atoms with Crippen molar-refractivity contribution in [2.75, 3.05) is 0 Å². The van der Waals surface area contributed by atoms with Gasteiger partial charge in [0.15, 0.2) is 0 Å². The zero-order chi connectivity index (χ0) is 13.1. The third-order valence-electron chi connectivity index (χ3n) is 2.29. The standard InChI is InChI=1S/C12H6ClIN2OS/c13-8-3-1-7(2-4-8)10(6-15)9-5-11(14)18-12(9)16-17/h1-5,17H/b10-9+,16-12+. The van der Waals surface area contributed by atoms with E-state index in [-0.39, 0.29) is 0 Å². The van der Waals surface area contributed by atoms with Crippen molar-refractivity contribution in [3.05, 3.63) is 49.4 Å². The molecule has 1 aromatic carbocycles. The van der Waals surface area contributed by atoms with Gasteiger partial charge in [-0.3, -0.25) is 0 Å². The summed E-state index contributed by atoms with van der Waals surface area (Å²) < 4.78 is 0.956. The second kappa shape index (κ2) is 5.78. The van der Waals surface area contributed by atoms with Gasteiger partial charge in [-0.2, -0.15) is 5.26 Å². The average Bonchev–Trinajstić information content (AvgIpc) is 2.74. The maximum Gasteiger partial charge on any atom is 0.149 e. The molecule has 0 spiro atoms. The Bertz CT molecular complexity index is 614. The lowest BCUT2D eigenvalue weighted by atomic mass is 10.0. The van der Waals surface area contributed by atoms with Crippen molar-refractivity contribution in [3.63, 3.8) is 0 Å². The first-order valence-electron chi connectivity index (χ1n) is 4.83. The highest BCUT2D eigenvalue weighted by atomic mass is 127. The molecule has 0 unspecified atom stereocenters. The molecule has 1 N–H and O–H groups in total. The van der Waals surface area contributed by atoms with E-state index in [1.807, 2.05) is 6.08 Å². The Morgan fingerprint density at radius 3 is 2.61 bits per heavy atom. The molecule has 0 bridgehead atoms. The minimum Gasteiger partial charge on any atom is -0.410 e. The predicted octanol–water partition coefficient (Wildman–Crippen LogP) is 4.43. The Hall–Kier alpha value is -0.970. The van der Waals surface area contributed by atoms with Crippen LogP contribution in [0.5, 0.6) is 0 Å². The van der Waals surface area contributed by atoms with Crippen LogP contribution >= 0.6 is 46.0 Å². The van der Waals surface area contributed by atoms with Gasteiger partial charge in [-0.05, 0) is 46.4 Å². The molecule has 1 aliphatic heterocycles. The summed E-state index contributed by atoms with van der Waals surface area (Å²) in [6.45, 7) is 0. The molecule has 0 aliphatic carbocycles. The fourth-order valence-corrected chi connectivity index (χ4v) is 3.24. The van der Waals surface area contributed by atoms with Gasteiger partial charge in [-0.15, -0.1) is 0 Å². The quantitative estimate of drug-likeness (QED) is 0.335. The summed E-state index contributed by atoms with van der Waals surface area (Å²) in [7, 11) is 0. The second-order valence-corrected chi connectivity index (χ2v) is 6.72. The Balaban J connectivity index is 2.58. The zero-order valence-electron chi connectivity index (χ0n) is 8.89. The maximum absolute atomic E-state index is 9.29. The van der Waals surface area contributed by atoms with Crippen LogP contribution in [0.25, 0.3) is 5.57 Å². The van der Waals surface area contributed by atoms with E-state index >= 15 is 0 Å². The van der Waals surface area contributed by atoms with Crippen molar-refractivity contribution in [3.8, 4) is 6.07 Å². The first-order chi connectivity index (χ1) is 8.65. The highest BCUT2D eigenvalue weighted by Gasteiger charge is 2.21. The van der Waals surface area contributed by atoms with E-state index in [9.17, 15) is 5.26 Å². The largest absolute Gasteiger partial charge is 0.410 e. The van der Waals surface area contributed by atoms with E-state index in [0.29, 0.717) is 21.2 Å². The minimum absolute atomic E-state index is 0.436. The third kappa shape index (κ3) is 2.71. The van der Waals surface area contributed by atoms with Crippen molar-refractivity contribution < 1.29 is 5.21 Å². The molecule has 0 fully saturated rings. The number of nitrogens with zero attached hydrogens (tertiary/aromatic N) is 2. The van der Waals surface area contributed by atoms with Gasteiger partial charge in [-0.1, -0.05) is 40.7 Å². The Morgan fingerprint density at radius 1 is 1.39 bits per heavy atom. The molecule has 0 amide bonds. The van der Waals surface area contributed by atoms with Crippen LogP contribution in [-0.2, 0) is 0 Å². The molecule has 0 atom stereocenters. The fraction of sp³-hybridized carbons (Fsp3) is 0. The van der Waals surface area contributed by atoms with Crippen molar-refractivity contribution in [2.24, 2.45) is 5.16 Å². The van der Waals surface area contributed by atoms with Crippen molar-refractivity contribution in [1.29, 1.82) is 5.26 Å². The summed E-state index contributed by atoms with van der Waals surface area (Å²) in [4.78, 5) is 0. The lowest BCUT2D eigenvalue weighted by molar-refractivity contribution is 0.321. The first-order valence-corrected chi connectivity index (χ1v) is 7.11. The highest BCUT2D eigenvalue weighted by molar-refractivity contribution is 14.1. The lowest BCUT2D eigenvalue weighted by Gasteiger charge is -2.03. The summed E-state index contributed by atoms with van der Waals surface area (Å²) >= 11 is 9.27. The molecule has 0 radical (unpaired) electrons. The van der Waals surface area contributed by atoms with Gasteiger partial charge in [-0.25, -0.2) is 0 Å². The topological polar surface area (TPSA) is 56.4 Å². The molecule has 6 heteroatoms. The molecule has 0 saturated heterocycles. The van der Waals surface area contributed by atoms with Crippen LogP contribution in [0, 0.1) is 11.3 Å². The number of hydrogen-bond donors (Lipinski definition) is 1. The monoisotopic (exact) mass is 388 g/mol. The maximum atomic E-state index is 9.29. The molecule has 3 nitrogen and oxygen atoms in total. The van der Waals surface area contributed by atoms with E-state index < -0.39 is 0 Å². The normalized spacial score (nSPS) is 19.6. The summed E-state index contributed by atoms with van der Waals surface area (Å²) in [5, 5.41) is 22.5. The Morgan fingerprint density at radius 2 is 2.06 bits per heavy atom. The van der Waals surface area contributed by atoms with Crippen LogP contribution in [0.15, 0.2) is 44.0 Å². The van der Waals surface area contributed by atoms with Crippen LogP contribution < -0.4 is 0 Å². The lowest BCUT2D eigenvalue weighted by Crippen LogP contribution is -1.95. The molecule has 0 aromatic heterocycles. The van der Waals surface area contributed by atoms with Gasteiger partial charge in [0, 0.05) is 10.6 Å². The van der Waals surface area contributed by atoms with Gasteiger partial charge in [0.25, 0.3) is 0 Å². The van der Waals surface area contributed by atoms with Crippen molar-refractivity contribution in [1.82, 2.24) is 0 Å². The SMILES string of the molecule is N#C/C(=C1/C=C(I)S/C1=N/O)c1ccc(Cl)cc1. The number of oxime groups is 1. The second-order valence-electron chi connectivity index (χ2n) is 3.36. The van der Waals surface area contributed by atoms with E-state index in [1.165, 1.54) is 11.8 Å². The number of halogens is 2. The van der Waals surface area contributed by atoms with E-state index in [4.69, 9.17) is 16.8 Å². The van der Waals surface area contributed by atoms with Crippen LogP contribution in [0.4, 0.5) is 0 Å². The molecule has 1 aliphatic rings. The first kappa shape index (κ1) is 13.5.